The van der Waals surface area contributed by atoms with Crippen LogP contribution in [0.25, 0.3) is 6.08 Å². The highest BCUT2D eigenvalue weighted by Gasteiger charge is 2.19. The molecule has 0 saturated carbocycles. The second-order valence-electron chi connectivity index (χ2n) is 5.28. The van der Waals surface area contributed by atoms with E-state index in [-0.39, 0.29) is 5.78 Å². The molecule has 120 valence electrons. The molecule has 1 aromatic carbocycles. The molecule has 5 heteroatoms. The molecule has 0 radical (unpaired) electrons. The first-order valence-corrected chi connectivity index (χ1v) is 8.35. The van der Waals surface area contributed by atoms with Gasteiger partial charge in [-0.3, -0.25) is 4.79 Å². The molecule has 0 amide bonds. The third kappa shape index (κ3) is 4.11. The molecule has 1 aliphatic rings. The fourth-order valence-electron chi connectivity index (χ4n) is 2.46. The van der Waals surface area contributed by atoms with Crippen LogP contribution in [0.3, 0.4) is 0 Å². The maximum absolute atomic E-state index is 12.0. The maximum Gasteiger partial charge on any atom is 0.175 e. The Balaban J connectivity index is 2.36. The van der Waals surface area contributed by atoms with Crippen molar-refractivity contribution in [1.82, 2.24) is 4.90 Å². The van der Waals surface area contributed by atoms with E-state index in [1.54, 1.807) is 0 Å². The number of Topliss-reactive ketones (excluding diaryl/α,β-unsaturated/α-hetero) is 1. The van der Waals surface area contributed by atoms with E-state index in [1.807, 2.05) is 39.1 Å². The Bertz CT molecular complexity index is 584. The van der Waals surface area contributed by atoms with Crippen molar-refractivity contribution in [3.05, 3.63) is 27.7 Å². The second kappa shape index (κ2) is 7.79. The average molecular weight is 368 g/mol. The highest BCUT2D eigenvalue weighted by atomic mass is 79.9. The lowest BCUT2D eigenvalue weighted by Crippen LogP contribution is -2.32. The van der Waals surface area contributed by atoms with E-state index in [9.17, 15) is 4.79 Å². The summed E-state index contributed by atoms with van der Waals surface area (Å²) in [7, 11) is 2.03. The Morgan fingerprint density at radius 2 is 2.00 bits per heavy atom. The van der Waals surface area contributed by atoms with Gasteiger partial charge >= 0.3 is 0 Å². The zero-order chi connectivity index (χ0) is 16.1. The summed E-state index contributed by atoms with van der Waals surface area (Å²) in [5, 5.41) is 0. The number of carbonyl (C=O) groups is 1. The number of ketones is 1. The minimum Gasteiger partial charge on any atom is -0.490 e. The van der Waals surface area contributed by atoms with Crippen LogP contribution in [-0.2, 0) is 4.79 Å². The van der Waals surface area contributed by atoms with Crippen LogP contribution in [0.15, 0.2) is 22.2 Å². The number of piperidine rings is 1. The molecule has 1 aliphatic heterocycles. The maximum atomic E-state index is 12.0. The predicted molar refractivity (Wildman–Crippen MR) is 91.6 cm³/mol. The van der Waals surface area contributed by atoms with Crippen LogP contribution < -0.4 is 9.47 Å². The lowest BCUT2D eigenvalue weighted by atomic mass is 10.0. The Hall–Kier alpha value is -1.33. The molecule has 2 rings (SSSR count). The smallest absolute Gasteiger partial charge is 0.175 e. The molecule has 0 N–H and O–H groups in total. The van der Waals surface area contributed by atoms with E-state index in [0.29, 0.717) is 37.7 Å². The molecule has 1 heterocycles. The fraction of sp³-hybridized carbons (Fsp3) is 0.471. The Labute approximate surface area is 140 Å². The lowest BCUT2D eigenvalue weighted by molar-refractivity contribution is -0.117. The first-order valence-electron chi connectivity index (χ1n) is 7.56. The summed E-state index contributed by atoms with van der Waals surface area (Å²) in [6.07, 6.45) is 2.53. The molecule has 0 spiro atoms. The van der Waals surface area contributed by atoms with Crippen molar-refractivity contribution in [1.29, 1.82) is 0 Å². The molecule has 0 aliphatic carbocycles. The van der Waals surface area contributed by atoms with E-state index in [4.69, 9.17) is 9.47 Å². The minimum atomic E-state index is 0.223. The van der Waals surface area contributed by atoms with Gasteiger partial charge in [-0.15, -0.1) is 0 Å². The third-order valence-electron chi connectivity index (χ3n) is 3.48. The van der Waals surface area contributed by atoms with Crippen molar-refractivity contribution >= 4 is 27.8 Å². The summed E-state index contributed by atoms with van der Waals surface area (Å²) in [4.78, 5) is 14.2. The van der Waals surface area contributed by atoms with Gasteiger partial charge in [-0.25, -0.2) is 0 Å². The topological polar surface area (TPSA) is 38.8 Å². The molecule has 22 heavy (non-hydrogen) atoms. The number of ether oxygens (including phenoxy) is 2. The van der Waals surface area contributed by atoms with Gasteiger partial charge in [0, 0.05) is 25.1 Å². The summed E-state index contributed by atoms with van der Waals surface area (Å²) in [6.45, 7) is 6.53. The van der Waals surface area contributed by atoms with Crippen LogP contribution in [0.2, 0.25) is 0 Å². The number of likely N-dealkylation sites (tertiary alicyclic amines) is 1. The number of benzene rings is 1. The van der Waals surface area contributed by atoms with Crippen molar-refractivity contribution in [2.24, 2.45) is 0 Å². The molecular weight excluding hydrogens is 346 g/mol. The molecule has 0 atom stereocenters. The van der Waals surface area contributed by atoms with Crippen LogP contribution in [0.4, 0.5) is 0 Å². The molecule has 1 aromatic rings. The minimum absolute atomic E-state index is 0.223. The first kappa shape index (κ1) is 17.0. The zero-order valence-electron chi connectivity index (χ0n) is 13.3. The SMILES string of the molecule is CCOc1cc(/C=C2\CN(C)CCC2=O)cc(Br)c1OCC. The van der Waals surface area contributed by atoms with Gasteiger partial charge in [0.15, 0.2) is 17.3 Å². The van der Waals surface area contributed by atoms with Crippen molar-refractivity contribution in [2.45, 2.75) is 20.3 Å². The van der Waals surface area contributed by atoms with Gasteiger partial charge in [-0.2, -0.15) is 0 Å². The summed E-state index contributed by atoms with van der Waals surface area (Å²) in [5.74, 6) is 1.63. The van der Waals surface area contributed by atoms with Gasteiger partial charge < -0.3 is 14.4 Å². The normalized spacial score (nSPS) is 17.8. The number of hydrogen-bond donors (Lipinski definition) is 0. The highest BCUT2D eigenvalue weighted by molar-refractivity contribution is 9.10. The molecule has 0 unspecified atom stereocenters. The Morgan fingerprint density at radius 1 is 1.27 bits per heavy atom. The van der Waals surface area contributed by atoms with Crippen LogP contribution in [-0.4, -0.2) is 44.0 Å². The van der Waals surface area contributed by atoms with E-state index >= 15 is 0 Å². The van der Waals surface area contributed by atoms with Crippen LogP contribution >= 0.6 is 15.9 Å². The summed E-state index contributed by atoms with van der Waals surface area (Å²) in [6, 6.07) is 3.89. The number of halogens is 1. The van der Waals surface area contributed by atoms with E-state index in [0.717, 1.165) is 22.2 Å². The molecule has 1 fully saturated rings. The van der Waals surface area contributed by atoms with Crippen LogP contribution in [0.5, 0.6) is 11.5 Å². The Morgan fingerprint density at radius 3 is 2.68 bits per heavy atom. The summed E-state index contributed by atoms with van der Waals surface area (Å²) in [5.41, 5.74) is 1.78. The van der Waals surface area contributed by atoms with Crippen LogP contribution in [0, 0.1) is 0 Å². The Kier molecular flexibility index (Phi) is 6.03. The van der Waals surface area contributed by atoms with Crippen molar-refractivity contribution < 1.29 is 14.3 Å². The molecule has 0 aromatic heterocycles. The number of carbonyl (C=O) groups excluding carboxylic acids is 1. The predicted octanol–water partition coefficient (Wildman–Crippen LogP) is 3.53. The van der Waals surface area contributed by atoms with Gasteiger partial charge in [0.1, 0.15) is 0 Å². The number of rotatable bonds is 5. The largest absolute Gasteiger partial charge is 0.490 e. The molecule has 0 bridgehead atoms. The zero-order valence-corrected chi connectivity index (χ0v) is 14.9. The standard InChI is InChI=1S/C17H22BrNO3/c1-4-21-16-10-12(9-14(18)17(16)22-5-2)8-13-11-19(3)7-6-15(13)20/h8-10H,4-7,11H2,1-3H3/b13-8+. The van der Waals surface area contributed by atoms with Gasteiger partial charge in [0.25, 0.3) is 0 Å². The lowest BCUT2D eigenvalue weighted by Gasteiger charge is -2.23. The van der Waals surface area contributed by atoms with Gasteiger partial charge in [-0.1, -0.05) is 0 Å². The van der Waals surface area contributed by atoms with Crippen molar-refractivity contribution in [3.63, 3.8) is 0 Å². The molecule has 1 saturated heterocycles. The average Bonchev–Trinajstić information content (AvgIpc) is 2.47. The van der Waals surface area contributed by atoms with Gasteiger partial charge in [-0.05, 0) is 60.6 Å². The molecule has 4 nitrogen and oxygen atoms in total. The highest BCUT2D eigenvalue weighted by Crippen LogP contribution is 2.37. The third-order valence-corrected chi connectivity index (χ3v) is 4.07. The fourth-order valence-corrected chi connectivity index (χ4v) is 3.03. The second-order valence-corrected chi connectivity index (χ2v) is 6.13. The summed E-state index contributed by atoms with van der Waals surface area (Å²) < 4.78 is 12.1. The number of nitrogens with zero attached hydrogens (tertiary/aromatic N) is 1. The summed E-state index contributed by atoms with van der Waals surface area (Å²) >= 11 is 3.53. The first-order chi connectivity index (χ1) is 10.5. The number of likely N-dealkylation sites (N-methyl/N-ethyl adjacent to an activating group) is 1. The van der Waals surface area contributed by atoms with Gasteiger partial charge in [0.05, 0.1) is 17.7 Å². The molecular formula is C17H22BrNO3. The van der Waals surface area contributed by atoms with E-state index < -0.39 is 0 Å². The van der Waals surface area contributed by atoms with Crippen LogP contribution in [0.1, 0.15) is 25.8 Å². The van der Waals surface area contributed by atoms with Gasteiger partial charge in [0.2, 0.25) is 0 Å². The monoisotopic (exact) mass is 367 g/mol. The number of hydrogen-bond acceptors (Lipinski definition) is 4. The van der Waals surface area contributed by atoms with E-state index in [1.165, 1.54) is 0 Å². The van der Waals surface area contributed by atoms with Crippen molar-refractivity contribution in [3.8, 4) is 11.5 Å². The van der Waals surface area contributed by atoms with E-state index in [2.05, 4.69) is 20.8 Å². The quantitative estimate of drug-likeness (QED) is 0.746. The van der Waals surface area contributed by atoms with Crippen molar-refractivity contribution in [2.75, 3.05) is 33.4 Å².